The van der Waals surface area contributed by atoms with Crippen molar-refractivity contribution >= 4 is 11.7 Å². The number of carbonyl (C=O) groups excluding carboxylic acids is 2. The molecule has 92 valence electrons. The molecule has 0 aliphatic heterocycles. The van der Waals surface area contributed by atoms with Gasteiger partial charge in [-0.05, 0) is 25.7 Å². The van der Waals surface area contributed by atoms with Gasteiger partial charge in [0.25, 0.3) is 0 Å². The van der Waals surface area contributed by atoms with Crippen LogP contribution in [-0.2, 0) is 9.59 Å². The zero-order valence-electron chi connectivity index (χ0n) is 10.5. The summed E-state index contributed by atoms with van der Waals surface area (Å²) in [4.78, 5) is 24.3. The van der Waals surface area contributed by atoms with Crippen LogP contribution >= 0.6 is 0 Å². The monoisotopic (exact) mass is 225 g/mol. The highest BCUT2D eigenvalue weighted by Gasteiger charge is 2.18. The average Bonchev–Trinajstić information content (AvgIpc) is 2.27. The van der Waals surface area contributed by atoms with Crippen molar-refractivity contribution in [1.29, 1.82) is 0 Å². The second-order valence-electron chi connectivity index (χ2n) is 4.98. The number of hydrogen-bond acceptors (Lipinski definition) is 2. The van der Waals surface area contributed by atoms with Crippen LogP contribution in [0, 0.1) is 5.92 Å². The summed E-state index contributed by atoms with van der Waals surface area (Å²) in [6.07, 6.45) is 7.22. The van der Waals surface area contributed by atoms with Crippen molar-refractivity contribution in [2.45, 2.75) is 51.9 Å². The van der Waals surface area contributed by atoms with Crippen molar-refractivity contribution in [1.82, 2.24) is 4.90 Å². The SMILES string of the molecule is CC(=O)CCC(=O)N(C)CC1CCCCC1. The van der Waals surface area contributed by atoms with Gasteiger partial charge in [0.15, 0.2) is 0 Å². The van der Waals surface area contributed by atoms with E-state index in [1.54, 1.807) is 4.90 Å². The van der Waals surface area contributed by atoms with E-state index in [0.717, 1.165) is 6.54 Å². The summed E-state index contributed by atoms with van der Waals surface area (Å²) in [6, 6.07) is 0. The molecule has 0 aromatic rings. The zero-order valence-corrected chi connectivity index (χ0v) is 10.5. The van der Waals surface area contributed by atoms with Crippen molar-refractivity contribution in [3.8, 4) is 0 Å². The van der Waals surface area contributed by atoms with Crippen LogP contribution in [0.5, 0.6) is 0 Å². The van der Waals surface area contributed by atoms with E-state index in [2.05, 4.69) is 0 Å². The van der Waals surface area contributed by atoms with E-state index in [0.29, 0.717) is 18.8 Å². The topological polar surface area (TPSA) is 37.4 Å². The number of rotatable bonds is 5. The minimum atomic E-state index is 0.0967. The first-order valence-electron chi connectivity index (χ1n) is 6.33. The van der Waals surface area contributed by atoms with E-state index in [1.165, 1.54) is 39.0 Å². The number of nitrogens with zero attached hydrogens (tertiary/aromatic N) is 1. The maximum absolute atomic E-state index is 11.7. The molecule has 0 aromatic carbocycles. The number of ketones is 1. The quantitative estimate of drug-likeness (QED) is 0.720. The Hall–Kier alpha value is -0.860. The minimum Gasteiger partial charge on any atom is -0.345 e. The second kappa shape index (κ2) is 6.66. The molecule has 0 N–H and O–H groups in total. The molecule has 0 aromatic heterocycles. The summed E-state index contributed by atoms with van der Waals surface area (Å²) in [5, 5.41) is 0. The standard InChI is InChI=1S/C13H23NO2/c1-11(15)8-9-13(16)14(2)10-12-6-4-3-5-7-12/h12H,3-10H2,1-2H3. The molecule has 0 radical (unpaired) electrons. The van der Waals surface area contributed by atoms with Crippen molar-refractivity contribution in [2.75, 3.05) is 13.6 Å². The Bertz CT molecular complexity index is 244. The molecule has 0 spiro atoms. The molecule has 1 aliphatic rings. The Labute approximate surface area is 98.2 Å². The van der Waals surface area contributed by atoms with Crippen LogP contribution in [0.25, 0.3) is 0 Å². The molecule has 1 amide bonds. The van der Waals surface area contributed by atoms with Gasteiger partial charge in [0, 0.05) is 26.4 Å². The van der Waals surface area contributed by atoms with Crippen LogP contribution in [0.2, 0.25) is 0 Å². The summed E-state index contributed by atoms with van der Waals surface area (Å²) < 4.78 is 0. The lowest BCUT2D eigenvalue weighted by atomic mass is 9.89. The Morgan fingerprint density at radius 3 is 2.31 bits per heavy atom. The van der Waals surface area contributed by atoms with Crippen molar-refractivity contribution in [3.63, 3.8) is 0 Å². The lowest BCUT2D eigenvalue weighted by Crippen LogP contribution is -2.32. The first-order chi connectivity index (χ1) is 7.59. The van der Waals surface area contributed by atoms with E-state index in [1.807, 2.05) is 7.05 Å². The molecule has 16 heavy (non-hydrogen) atoms. The van der Waals surface area contributed by atoms with Gasteiger partial charge in [-0.2, -0.15) is 0 Å². The lowest BCUT2D eigenvalue weighted by Gasteiger charge is -2.27. The van der Waals surface area contributed by atoms with E-state index < -0.39 is 0 Å². The van der Waals surface area contributed by atoms with Crippen LogP contribution in [0.4, 0.5) is 0 Å². The smallest absolute Gasteiger partial charge is 0.222 e. The van der Waals surface area contributed by atoms with Crippen LogP contribution in [-0.4, -0.2) is 30.2 Å². The highest BCUT2D eigenvalue weighted by Crippen LogP contribution is 2.24. The van der Waals surface area contributed by atoms with Gasteiger partial charge in [-0.1, -0.05) is 19.3 Å². The first-order valence-corrected chi connectivity index (χ1v) is 6.33. The average molecular weight is 225 g/mol. The summed E-state index contributed by atoms with van der Waals surface area (Å²) in [6.45, 7) is 2.41. The fourth-order valence-electron chi connectivity index (χ4n) is 2.33. The fraction of sp³-hybridized carbons (Fsp3) is 0.846. The first kappa shape index (κ1) is 13.2. The number of carbonyl (C=O) groups is 2. The third-order valence-corrected chi connectivity index (χ3v) is 3.37. The summed E-state index contributed by atoms with van der Waals surface area (Å²) >= 11 is 0. The van der Waals surface area contributed by atoms with E-state index in [9.17, 15) is 9.59 Å². The van der Waals surface area contributed by atoms with Gasteiger partial charge >= 0.3 is 0 Å². The van der Waals surface area contributed by atoms with Gasteiger partial charge in [-0.25, -0.2) is 0 Å². The minimum absolute atomic E-state index is 0.0967. The second-order valence-corrected chi connectivity index (χ2v) is 4.98. The molecule has 0 saturated heterocycles. The van der Waals surface area contributed by atoms with E-state index in [-0.39, 0.29) is 11.7 Å². The maximum atomic E-state index is 11.7. The Balaban J connectivity index is 2.24. The summed E-state index contributed by atoms with van der Waals surface area (Å²) in [5.41, 5.74) is 0. The third-order valence-electron chi connectivity index (χ3n) is 3.37. The van der Waals surface area contributed by atoms with Crippen LogP contribution < -0.4 is 0 Å². The molecule has 1 saturated carbocycles. The van der Waals surface area contributed by atoms with Gasteiger partial charge in [0.05, 0.1) is 0 Å². The van der Waals surface area contributed by atoms with Crippen molar-refractivity contribution < 1.29 is 9.59 Å². The molecule has 0 bridgehead atoms. The normalized spacial score (nSPS) is 17.1. The molecule has 3 nitrogen and oxygen atoms in total. The molecule has 1 aliphatic carbocycles. The van der Waals surface area contributed by atoms with E-state index in [4.69, 9.17) is 0 Å². The Morgan fingerprint density at radius 2 is 1.75 bits per heavy atom. The molecule has 0 heterocycles. The van der Waals surface area contributed by atoms with Gasteiger partial charge < -0.3 is 9.69 Å². The molecule has 1 fully saturated rings. The molecule has 0 unspecified atom stereocenters. The van der Waals surface area contributed by atoms with Crippen LogP contribution in [0.1, 0.15) is 51.9 Å². The molecule has 3 heteroatoms. The number of amides is 1. The number of hydrogen-bond donors (Lipinski definition) is 0. The van der Waals surface area contributed by atoms with Gasteiger partial charge in [0.2, 0.25) is 5.91 Å². The van der Waals surface area contributed by atoms with E-state index >= 15 is 0 Å². The van der Waals surface area contributed by atoms with Gasteiger partial charge in [0.1, 0.15) is 5.78 Å². The van der Waals surface area contributed by atoms with Crippen molar-refractivity contribution in [2.24, 2.45) is 5.92 Å². The fourth-order valence-corrected chi connectivity index (χ4v) is 2.33. The predicted octanol–water partition coefficient (Wildman–Crippen LogP) is 2.39. The largest absolute Gasteiger partial charge is 0.345 e. The summed E-state index contributed by atoms with van der Waals surface area (Å²) in [5.74, 6) is 0.889. The number of Topliss-reactive ketones (excluding diaryl/α,β-unsaturated/α-hetero) is 1. The predicted molar refractivity (Wildman–Crippen MR) is 64.1 cm³/mol. The third kappa shape index (κ3) is 4.77. The summed E-state index contributed by atoms with van der Waals surface area (Å²) in [7, 11) is 1.86. The van der Waals surface area contributed by atoms with Gasteiger partial charge in [-0.15, -0.1) is 0 Å². The maximum Gasteiger partial charge on any atom is 0.222 e. The Kier molecular flexibility index (Phi) is 5.50. The highest BCUT2D eigenvalue weighted by atomic mass is 16.2. The van der Waals surface area contributed by atoms with Gasteiger partial charge in [-0.3, -0.25) is 4.79 Å². The molecule has 0 atom stereocenters. The zero-order chi connectivity index (χ0) is 12.0. The Morgan fingerprint density at radius 1 is 1.12 bits per heavy atom. The molecular formula is C13H23NO2. The van der Waals surface area contributed by atoms with Crippen LogP contribution in [0.3, 0.4) is 0 Å². The molecular weight excluding hydrogens is 202 g/mol. The lowest BCUT2D eigenvalue weighted by molar-refractivity contribution is -0.132. The molecule has 1 rings (SSSR count). The highest BCUT2D eigenvalue weighted by molar-refractivity contribution is 5.83. The van der Waals surface area contributed by atoms with Crippen molar-refractivity contribution in [3.05, 3.63) is 0 Å². The van der Waals surface area contributed by atoms with Crippen LogP contribution in [0.15, 0.2) is 0 Å².